The van der Waals surface area contributed by atoms with E-state index < -0.39 is 29.5 Å². The fourth-order valence-corrected chi connectivity index (χ4v) is 8.93. The number of ketones is 1. The van der Waals surface area contributed by atoms with Gasteiger partial charge in [-0.15, -0.1) is 0 Å². The molecule has 2 saturated carbocycles. The molecule has 246 valence electrons. The van der Waals surface area contributed by atoms with Crippen molar-refractivity contribution in [1.29, 1.82) is 0 Å². The predicted octanol–water partition coefficient (Wildman–Crippen LogP) is 8.22. The van der Waals surface area contributed by atoms with Gasteiger partial charge in [-0.05, 0) is 97.3 Å². The normalized spacial score (nSPS) is 29.5. The number of nitrogens with zero attached hydrogens (tertiary/aromatic N) is 1. The highest BCUT2D eigenvalue weighted by molar-refractivity contribution is 5.94. The van der Waals surface area contributed by atoms with E-state index in [2.05, 4.69) is 0 Å². The number of hydrogen-bond acceptors (Lipinski definition) is 3. The average Bonchev–Trinajstić information content (AvgIpc) is 3.27. The monoisotopic (exact) mass is 641 g/mol. The van der Waals surface area contributed by atoms with E-state index in [0.717, 1.165) is 27.8 Å². The molecule has 0 saturated heterocycles. The molecular weight excluding hydrogens is 601 g/mol. The fourth-order valence-electron chi connectivity index (χ4n) is 8.93. The van der Waals surface area contributed by atoms with Gasteiger partial charge in [-0.1, -0.05) is 55.0 Å². The quantitative estimate of drug-likeness (QED) is 0.310. The van der Waals surface area contributed by atoms with Crippen LogP contribution in [0.15, 0.2) is 77.4 Å². The van der Waals surface area contributed by atoms with Gasteiger partial charge < -0.3 is 10.0 Å². The lowest BCUT2D eigenvalue weighted by Crippen LogP contribution is -2.55. The van der Waals surface area contributed by atoms with E-state index in [9.17, 15) is 36.6 Å². The summed E-state index contributed by atoms with van der Waals surface area (Å²) < 4.78 is 69.3. The van der Waals surface area contributed by atoms with Crippen LogP contribution in [0.25, 0.3) is 0 Å². The highest BCUT2D eigenvalue weighted by Crippen LogP contribution is 2.68. The number of hydrogen-bond donors (Lipinski definition) is 1. The molecule has 2 fully saturated rings. The van der Waals surface area contributed by atoms with E-state index in [1.54, 1.807) is 37.1 Å². The predicted molar refractivity (Wildman–Crippen MR) is 164 cm³/mol. The van der Waals surface area contributed by atoms with Crippen molar-refractivity contribution in [3.8, 4) is 0 Å². The summed E-state index contributed by atoms with van der Waals surface area (Å²) >= 11 is 0. The Hall–Kier alpha value is -3.33. The highest BCUT2D eigenvalue weighted by atomic mass is 19.4. The zero-order valence-electron chi connectivity index (χ0n) is 26.2. The minimum absolute atomic E-state index is 0.0684. The molecule has 0 spiro atoms. The molecule has 2 aromatic carbocycles. The van der Waals surface area contributed by atoms with Crippen molar-refractivity contribution in [1.82, 2.24) is 4.90 Å². The minimum Gasteiger partial charge on any atom is -0.389 e. The number of alkyl halides is 5. The lowest BCUT2D eigenvalue weighted by atomic mass is 9.50. The summed E-state index contributed by atoms with van der Waals surface area (Å²) in [6, 6.07) is 17.0. The first-order chi connectivity index (χ1) is 21.6. The van der Waals surface area contributed by atoms with Crippen LogP contribution in [0.2, 0.25) is 0 Å². The molecule has 0 aliphatic heterocycles. The van der Waals surface area contributed by atoms with Gasteiger partial charge >= 0.3 is 12.1 Å². The Morgan fingerprint density at radius 3 is 2.35 bits per heavy atom. The summed E-state index contributed by atoms with van der Waals surface area (Å²) in [5.74, 6) is -5.83. The minimum atomic E-state index is -5.76. The second-order valence-electron chi connectivity index (χ2n) is 14.0. The number of likely N-dealkylation sites (N-methyl/N-ethyl adjacent to an activating group) is 1. The molecule has 1 amide bonds. The van der Waals surface area contributed by atoms with Crippen LogP contribution in [0.1, 0.15) is 85.7 Å². The molecule has 0 bridgehead atoms. The van der Waals surface area contributed by atoms with Crippen LogP contribution >= 0.6 is 0 Å². The number of halogens is 5. The van der Waals surface area contributed by atoms with Crippen LogP contribution in [0.5, 0.6) is 0 Å². The molecule has 0 radical (unpaired) electrons. The van der Waals surface area contributed by atoms with Gasteiger partial charge in [-0.3, -0.25) is 9.59 Å². The van der Waals surface area contributed by atoms with Crippen molar-refractivity contribution in [3.05, 3.63) is 94.1 Å². The Morgan fingerprint density at radius 1 is 0.978 bits per heavy atom. The van der Waals surface area contributed by atoms with Gasteiger partial charge in [0.2, 0.25) is 0 Å². The smallest absolute Gasteiger partial charge is 0.389 e. The van der Waals surface area contributed by atoms with Crippen molar-refractivity contribution < 1.29 is 36.6 Å². The molecule has 1 N–H and O–H groups in total. The van der Waals surface area contributed by atoms with Crippen LogP contribution in [-0.4, -0.2) is 53.0 Å². The lowest BCUT2D eigenvalue weighted by molar-refractivity contribution is -0.303. The summed E-state index contributed by atoms with van der Waals surface area (Å²) in [5.41, 5.74) is 2.24. The molecule has 4 aliphatic carbocycles. The van der Waals surface area contributed by atoms with Crippen molar-refractivity contribution in [2.45, 2.75) is 88.3 Å². The molecule has 0 heterocycles. The molecule has 5 atom stereocenters. The molecule has 6 rings (SSSR count). The SMILES string of the molecule is CN(CCc1ccccc1)C(=O)c1ccc([C@H]2CC3(C)[C@@H](CC[C@@]3(O)CC(F)(F)C(F)(F)F)C3CCC4=CC(=O)CCC4=C32)cc1. The topological polar surface area (TPSA) is 57.6 Å². The number of aliphatic hydroxyl groups is 1. The molecule has 46 heavy (non-hydrogen) atoms. The van der Waals surface area contributed by atoms with Gasteiger partial charge in [-0.25, -0.2) is 0 Å². The van der Waals surface area contributed by atoms with Crippen molar-refractivity contribution in [3.63, 3.8) is 0 Å². The average molecular weight is 642 g/mol. The summed E-state index contributed by atoms with van der Waals surface area (Å²) in [5, 5.41) is 11.8. The Morgan fingerprint density at radius 2 is 1.67 bits per heavy atom. The molecular formula is C37H40F5NO3. The van der Waals surface area contributed by atoms with Gasteiger partial charge in [0.05, 0.1) is 12.0 Å². The van der Waals surface area contributed by atoms with Crippen LogP contribution in [0.3, 0.4) is 0 Å². The number of carbonyl (C=O) groups is 2. The first kappa shape index (κ1) is 32.6. The molecule has 4 aliphatic rings. The molecule has 2 unspecified atom stereocenters. The lowest BCUT2D eigenvalue weighted by Gasteiger charge is -2.55. The molecule has 0 aromatic heterocycles. The van der Waals surface area contributed by atoms with Crippen molar-refractivity contribution in [2.24, 2.45) is 17.3 Å². The van der Waals surface area contributed by atoms with E-state index in [1.807, 2.05) is 42.5 Å². The van der Waals surface area contributed by atoms with Crippen molar-refractivity contribution in [2.75, 3.05) is 13.6 Å². The Kier molecular flexibility index (Phi) is 8.31. The van der Waals surface area contributed by atoms with Crippen LogP contribution < -0.4 is 0 Å². The van der Waals surface area contributed by atoms with Crippen LogP contribution in [-0.2, 0) is 11.2 Å². The zero-order valence-corrected chi connectivity index (χ0v) is 26.2. The maximum absolute atomic E-state index is 14.5. The number of rotatable bonds is 7. The third-order valence-electron chi connectivity index (χ3n) is 11.5. The van der Waals surface area contributed by atoms with Gasteiger partial charge in [0.15, 0.2) is 5.78 Å². The molecule has 2 aromatic rings. The summed E-state index contributed by atoms with van der Waals surface area (Å²) in [7, 11) is 1.75. The Bertz CT molecular complexity index is 1560. The van der Waals surface area contributed by atoms with E-state index in [0.29, 0.717) is 50.6 Å². The first-order valence-electron chi connectivity index (χ1n) is 16.2. The third-order valence-corrected chi connectivity index (χ3v) is 11.5. The van der Waals surface area contributed by atoms with E-state index in [-0.39, 0.29) is 42.3 Å². The van der Waals surface area contributed by atoms with Gasteiger partial charge in [0.25, 0.3) is 5.91 Å². The van der Waals surface area contributed by atoms with Crippen LogP contribution in [0.4, 0.5) is 22.0 Å². The number of benzene rings is 2. The number of fused-ring (bicyclic) bond motifs is 4. The highest BCUT2D eigenvalue weighted by Gasteiger charge is 2.69. The molecule has 4 nitrogen and oxygen atoms in total. The Balaban J connectivity index is 1.33. The van der Waals surface area contributed by atoms with E-state index >= 15 is 0 Å². The summed E-state index contributed by atoms with van der Waals surface area (Å²) in [6.45, 7) is 2.22. The summed E-state index contributed by atoms with van der Waals surface area (Å²) in [4.78, 5) is 27.3. The largest absolute Gasteiger partial charge is 0.453 e. The fraction of sp³-hybridized carbons (Fsp3) is 0.514. The number of amides is 1. The van der Waals surface area contributed by atoms with Gasteiger partial charge in [0, 0.05) is 36.9 Å². The molecule has 9 heteroatoms. The maximum atomic E-state index is 14.5. The standard InChI is InChI=1S/C37H40F5NO3/c1-34-21-30(24-8-10-25(11-9-24)33(45)43(2)19-17-23-6-4-3-5-7-23)32-28-15-13-27(44)20-26(28)12-14-29(32)31(34)16-18-35(34,46)22-36(38,39)37(40,41)42/h3-11,20,29-31,46H,12-19,21-22H2,1-2H3/t29?,30-,31+,34?,35-/m1/s1. The maximum Gasteiger partial charge on any atom is 0.453 e. The zero-order chi connectivity index (χ0) is 33.1. The summed E-state index contributed by atoms with van der Waals surface area (Å²) in [6.07, 6.45) is -2.38. The van der Waals surface area contributed by atoms with Crippen LogP contribution in [0, 0.1) is 17.3 Å². The van der Waals surface area contributed by atoms with Crippen molar-refractivity contribution >= 4 is 11.7 Å². The number of carbonyl (C=O) groups excluding carboxylic acids is 2. The van der Waals surface area contributed by atoms with Gasteiger partial charge in [0.1, 0.15) is 0 Å². The number of allylic oxidation sites excluding steroid dienone is 4. The Labute approximate surface area is 266 Å². The first-order valence-corrected chi connectivity index (χ1v) is 16.2. The third kappa shape index (κ3) is 5.62. The van der Waals surface area contributed by atoms with E-state index in [4.69, 9.17) is 0 Å². The van der Waals surface area contributed by atoms with Gasteiger partial charge in [-0.2, -0.15) is 22.0 Å². The second kappa shape index (κ2) is 11.7. The van der Waals surface area contributed by atoms with E-state index in [1.165, 1.54) is 0 Å². The second-order valence-corrected chi connectivity index (χ2v) is 14.0.